The lowest BCUT2D eigenvalue weighted by Crippen LogP contribution is -2.30. The predicted octanol–water partition coefficient (Wildman–Crippen LogP) is 3.37. The summed E-state index contributed by atoms with van der Waals surface area (Å²) >= 11 is 0. The molecule has 118 valence electrons. The molecule has 0 aliphatic carbocycles. The molecule has 1 fully saturated rings. The zero-order chi connectivity index (χ0) is 15.8. The van der Waals surface area contributed by atoms with Gasteiger partial charge in [-0.15, -0.1) is 0 Å². The van der Waals surface area contributed by atoms with E-state index in [0.717, 1.165) is 48.6 Å². The van der Waals surface area contributed by atoms with Gasteiger partial charge < -0.3 is 4.90 Å². The van der Waals surface area contributed by atoms with E-state index in [1.54, 1.807) is 18.3 Å². The van der Waals surface area contributed by atoms with Crippen LogP contribution < -0.4 is 0 Å². The Labute approximate surface area is 134 Å². The minimum atomic E-state index is -0.230. The topological polar surface area (TPSA) is 34.0 Å². The summed E-state index contributed by atoms with van der Waals surface area (Å²) in [5.74, 6) is 1.22. The van der Waals surface area contributed by atoms with Crippen molar-refractivity contribution < 1.29 is 4.39 Å². The quantitative estimate of drug-likeness (QED) is 0.728. The van der Waals surface area contributed by atoms with Crippen LogP contribution in [0.1, 0.15) is 24.6 Å². The summed E-state index contributed by atoms with van der Waals surface area (Å²) in [6.07, 6.45) is 3.95. The van der Waals surface area contributed by atoms with Crippen molar-refractivity contribution in [3.63, 3.8) is 0 Å². The van der Waals surface area contributed by atoms with E-state index in [4.69, 9.17) is 4.98 Å². The van der Waals surface area contributed by atoms with Gasteiger partial charge in [-0.05, 0) is 69.4 Å². The fraction of sp³-hybridized carbons (Fsp3) is 0.333. The predicted molar refractivity (Wildman–Crippen MR) is 88.3 cm³/mol. The van der Waals surface area contributed by atoms with E-state index in [9.17, 15) is 4.39 Å². The number of nitrogens with zero attached hydrogens (tertiary/aromatic N) is 4. The van der Waals surface area contributed by atoms with Gasteiger partial charge in [-0.25, -0.2) is 14.4 Å². The monoisotopic (exact) mass is 310 g/mol. The Balaban J connectivity index is 1.86. The molecule has 23 heavy (non-hydrogen) atoms. The molecular formula is C18H19FN4. The number of hydrogen-bond acceptors (Lipinski definition) is 3. The molecule has 0 bridgehead atoms. The second kappa shape index (κ2) is 5.74. The van der Waals surface area contributed by atoms with Crippen LogP contribution in [0.25, 0.3) is 16.9 Å². The average molecular weight is 310 g/mol. The Morgan fingerprint density at radius 1 is 1.09 bits per heavy atom. The van der Waals surface area contributed by atoms with Gasteiger partial charge in [-0.2, -0.15) is 0 Å². The maximum Gasteiger partial charge on any atom is 0.164 e. The van der Waals surface area contributed by atoms with Gasteiger partial charge >= 0.3 is 0 Å². The number of halogens is 1. The van der Waals surface area contributed by atoms with Gasteiger partial charge in [0.15, 0.2) is 5.65 Å². The van der Waals surface area contributed by atoms with Gasteiger partial charge in [0.2, 0.25) is 0 Å². The molecule has 1 aliphatic rings. The minimum Gasteiger partial charge on any atom is -0.306 e. The molecule has 5 heteroatoms. The van der Waals surface area contributed by atoms with Gasteiger partial charge in [0.1, 0.15) is 17.2 Å². The number of likely N-dealkylation sites (tertiary alicyclic amines) is 1. The summed E-state index contributed by atoms with van der Waals surface area (Å²) in [4.78, 5) is 11.7. The van der Waals surface area contributed by atoms with Crippen LogP contribution in [0.15, 0.2) is 42.6 Å². The van der Waals surface area contributed by atoms with Gasteiger partial charge in [0.05, 0.1) is 0 Å². The average Bonchev–Trinajstić information content (AvgIpc) is 2.96. The van der Waals surface area contributed by atoms with Crippen molar-refractivity contribution in [2.24, 2.45) is 0 Å². The third-order valence-corrected chi connectivity index (χ3v) is 4.61. The lowest BCUT2D eigenvalue weighted by molar-refractivity contribution is 0.250. The number of imidazole rings is 1. The molecule has 1 saturated heterocycles. The summed E-state index contributed by atoms with van der Waals surface area (Å²) in [5, 5.41) is 0. The molecule has 0 atom stereocenters. The lowest BCUT2D eigenvalue weighted by atomic mass is 9.96. The van der Waals surface area contributed by atoms with Crippen molar-refractivity contribution in [1.29, 1.82) is 0 Å². The fourth-order valence-corrected chi connectivity index (χ4v) is 3.32. The van der Waals surface area contributed by atoms with Crippen LogP contribution in [-0.2, 0) is 0 Å². The highest BCUT2D eigenvalue weighted by atomic mass is 19.1. The molecule has 2 aromatic heterocycles. The summed E-state index contributed by atoms with van der Waals surface area (Å²) in [7, 11) is 2.15. The number of piperidine rings is 1. The van der Waals surface area contributed by atoms with Crippen LogP contribution in [0.5, 0.6) is 0 Å². The maximum atomic E-state index is 13.3. The van der Waals surface area contributed by atoms with Gasteiger partial charge in [-0.3, -0.25) is 4.57 Å². The molecule has 4 rings (SSSR count). The van der Waals surface area contributed by atoms with Gasteiger partial charge in [-0.1, -0.05) is 0 Å². The van der Waals surface area contributed by atoms with Crippen molar-refractivity contribution in [1.82, 2.24) is 19.4 Å². The Bertz CT molecular complexity index is 817. The van der Waals surface area contributed by atoms with E-state index in [-0.39, 0.29) is 5.82 Å². The standard InChI is InChI=1S/C18H19FN4/c1-22-11-8-13(9-12-22)17-21-16-3-2-10-20-18(16)23(17)15-6-4-14(19)5-7-15/h2-7,10,13H,8-9,11-12H2,1H3. The van der Waals surface area contributed by atoms with Crippen LogP contribution in [0.4, 0.5) is 4.39 Å². The Hall–Kier alpha value is -2.27. The second-order valence-electron chi connectivity index (χ2n) is 6.21. The normalized spacial score (nSPS) is 17.0. The molecule has 3 aromatic rings. The smallest absolute Gasteiger partial charge is 0.164 e. The van der Waals surface area contributed by atoms with Crippen LogP contribution in [0.2, 0.25) is 0 Å². The molecule has 1 aliphatic heterocycles. The highest BCUT2D eigenvalue weighted by Crippen LogP contribution is 2.31. The zero-order valence-corrected chi connectivity index (χ0v) is 13.1. The lowest BCUT2D eigenvalue weighted by Gasteiger charge is -2.28. The Kier molecular flexibility index (Phi) is 3.58. The van der Waals surface area contributed by atoms with E-state index < -0.39 is 0 Å². The largest absolute Gasteiger partial charge is 0.306 e. The van der Waals surface area contributed by atoms with E-state index in [1.807, 2.05) is 12.1 Å². The summed E-state index contributed by atoms with van der Waals surface area (Å²) in [6.45, 7) is 2.15. The third-order valence-electron chi connectivity index (χ3n) is 4.61. The fourth-order valence-electron chi connectivity index (χ4n) is 3.32. The van der Waals surface area contributed by atoms with E-state index in [1.165, 1.54) is 12.1 Å². The van der Waals surface area contributed by atoms with Crippen LogP contribution in [0.3, 0.4) is 0 Å². The highest BCUT2D eigenvalue weighted by Gasteiger charge is 2.25. The first-order valence-electron chi connectivity index (χ1n) is 8.00. The van der Waals surface area contributed by atoms with Crippen molar-refractivity contribution in [3.8, 4) is 5.69 Å². The van der Waals surface area contributed by atoms with Crippen LogP contribution in [0, 0.1) is 5.82 Å². The SMILES string of the molecule is CN1CCC(c2nc3cccnc3n2-c2ccc(F)cc2)CC1. The summed E-state index contributed by atoms with van der Waals surface area (Å²) in [6, 6.07) is 10.5. The Morgan fingerprint density at radius 3 is 2.57 bits per heavy atom. The zero-order valence-electron chi connectivity index (χ0n) is 13.1. The van der Waals surface area contributed by atoms with Crippen molar-refractivity contribution >= 4 is 11.2 Å². The van der Waals surface area contributed by atoms with Crippen molar-refractivity contribution in [2.75, 3.05) is 20.1 Å². The second-order valence-corrected chi connectivity index (χ2v) is 6.21. The molecule has 0 spiro atoms. The molecule has 0 saturated carbocycles. The number of pyridine rings is 1. The van der Waals surface area contributed by atoms with Crippen LogP contribution in [-0.4, -0.2) is 39.6 Å². The van der Waals surface area contributed by atoms with E-state index in [0.29, 0.717) is 5.92 Å². The molecule has 1 aromatic carbocycles. The first-order chi connectivity index (χ1) is 11.2. The van der Waals surface area contributed by atoms with Gasteiger partial charge in [0.25, 0.3) is 0 Å². The molecule has 3 heterocycles. The third kappa shape index (κ3) is 2.61. The minimum absolute atomic E-state index is 0.230. The van der Waals surface area contributed by atoms with Gasteiger partial charge in [0, 0.05) is 17.8 Å². The number of benzene rings is 1. The number of hydrogen-bond donors (Lipinski definition) is 0. The van der Waals surface area contributed by atoms with Crippen molar-refractivity contribution in [3.05, 3.63) is 54.2 Å². The number of aromatic nitrogens is 3. The maximum absolute atomic E-state index is 13.3. The van der Waals surface area contributed by atoms with E-state index in [2.05, 4.69) is 21.5 Å². The summed E-state index contributed by atoms with van der Waals surface area (Å²) in [5.41, 5.74) is 2.65. The molecular weight excluding hydrogens is 291 g/mol. The van der Waals surface area contributed by atoms with Crippen molar-refractivity contribution in [2.45, 2.75) is 18.8 Å². The van der Waals surface area contributed by atoms with E-state index >= 15 is 0 Å². The summed E-state index contributed by atoms with van der Waals surface area (Å²) < 4.78 is 15.4. The molecule has 0 N–H and O–H groups in total. The number of fused-ring (bicyclic) bond motifs is 1. The number of rotatable bonds is 2. The molecule has 4 nitrogen and oxygen atoms in total. The molecule has 0 unspecified atom stereocenters. The first kappa shape index (κ1) is 14.3. The van der Waals surface area contributed by atoms with Crippen LogP contribution >= 0.6 is 0 Å². The molecule has 0 radical (unpaired) electrons. The molecule has 0 amide bonds. The Morgan fingerprint density at radius 2 is 1.83 bits per heavy atom. The first-order valence-corrected chi connectivity index (χ1v) is 8.00. The highest BCUT2D eigenvalue weighted by molar-refractivity contribution is 5.74.